The third-order valence-electron chi connectivity index (χ3n) is 9.23. The van der Waals surface area contributed by atoms with Gasteiger partial charge in [0.25, 0.3) is 0 Å². The first-order valence-corrected chi connectivity index (χ1v) is 11.8. The average molecular weight is 389 g/mol. The summed E-state index contributed by atoms with van der Waals surface area (Å²) in [5, 5.41) is 10.6. The Kier molecular flexibility index (Phi) is 5.44. The molecule has 0 amide bonds. The van der Waals surface area contributed by atoms with E-state index in [1.807, 2.05) is 0 Å². The van der Waals surface area contributed by atoms with Gasteiger partial charge in [0.1, 0.15) is 6.10 Å². The lowest BCUT2D eigenvalue weighted by Gasteiger charge is -2.57. The number of fused-ring (bicyclic) bond motifs is 5. The molecule has 3 fully saturated rings. The van der Waals surface area contributed by atoms with Crippen LogP contribution >= 0.6 is 0 Å². The molecule has 4 aliphatic rings. The minimum Gasteiger partial charge on any atom is -0.462 e. The molecule has 0 heterocycles. The van der Waals surface area contributed by atoms with Crippen molar-refractivity contribution in [3.63, 3.8) is 0 Å². The SMILES string of the molecule is CC(C)CCC(=O)OC1CC[C@@]2(C)C(=CC[C@@H]3[C@@H]2CC[C@]2(C)C(O)CC[C@@H]32)C1. The van der Waals surface area contributed by atoms with Crippen molar-refractivity contribution >= 4 is 5.97 Å². The molecule has 4 rings (SSSR count). The minimum absolute atomic E-state index is 0.00929. The van der Waals surface area contributed by atoms with Gasteiger partial charge in [-0.25, -0.2) is 0 Å². The summed E-state index contributed by atoms with van der Waals surface area (Å²) in [5.74, 6) is 2.70. The van der Waals surface area contributed by atoms with E-state index in [0.29, 0.717) is 18.3 Å². The zero-order valence-corrected chi connectivity index (χ0v) is 18.4. The number of carbonyl (C=O) groups excluding carboxylic acids is 1. The summed E-state index contributed by atoms with van der Waals surface area (Å²) in [4.78, 5) is 12.2. The van der Waals surface area contributed by atoms with Crippen molar-refractivity contribution in [3.05, 3.63) is 11.6 Å². The van der Waals surface area contributed by atoms with Crippen LogP contribution in [0.15, 0.2) is 11.6 Å². The molecule has 0 aliphatic heterocycles. The molecular formula is C25H40O3. The molecule has 1 N–H and O–H groups in total. The van der Waals surface area contributed by atoms with E-state index >= 15 is 0 Å². The summed E-state index contributed by atoms with van der Waals surface area (Å²) < 4.78 is 5.86. The monoisotopic (exact) mass is 388 g/mol. The van der Waals surface area contributed by atoms with Crippen LogP contribution in [0.1, 0.15) is 91.9 Å². The molecule has 2 unspecified atom stereocenters. The largest absolute Gasteiger partial charge is 0.462 e. The molecule has 0 radical (unpaired) electrons. The zero-order valence-electron chi connectivity index (χ0n) is 18.4. The molecule has 0 spiro atoms. The standard InChI is InChI=1S/C25H40O3/c1-16(2)5-10-23(27)28-18-11-13-24(3)17(15-18)6-7-19-20-8-9-22(26)25(20,4)14-12-21(19)24/h6,16,18-22,26H,5,7-15H2,1-4H3/t18?,19-,20-,21-,22?,24-,25-/m0/s1. The van der Waals surface area contributed by atoms with Gasteiger partial charge in [0, 0.05) is 12.8 Å². The van der Waals surface area contributed by atoms with E-state index in [0.717, 1.165) is 50.4 Å². The number of aliphatic hydroxyl groups excluding tert-OH is 1. The van der Waals surface area contributed by atoms with Gasteiger partial charge < -0.3 is 9.84 Å². The van der Waals surface area contributed by atoms with Gasteiger partial charge in [-0.1, -0.05) is 39.3 Å². The van der Waals surface area contributed by atoms with Gasteiger partial charge in [0.15, 0.2) is 0 Å². The zero-order chi connectivity index (χ0) is 20.1. The summed E-state index contributed by atoms with van der Waals surface area (Å²) in [6, 6.07) is 0. The van der Waals surface area contributed by atoms with Crippen LogP contribution in [0.2, 0.25) is 0 Å². The fourth-order valence-electron chi connectivity index (χ4n) is 7.35. The Morgan fingerprint density at radius 2 is 1.96 bits per heavy atom. The van der Waals surface area contributed by atoms with E-state index in [-0.39, 0.29) is 29.0 Å². The highest BCUT2D eigenvalue weighted by atomic mass is 16.5. The Balaban J connectivity index is 1.44. The summed E-state index contributed by atoms with van der Waals surface area (Å²) >= 11 is 0. The van der Waals surface area contributed by atoms with Crippen LogP contribution in [-0.4, -0.2) is 23.3 Å². The summed E-state index contributed by atoms with van der Waals surface area (Å²) in [6.07, 6.45) is 12.8. The Hall–Kier alpha value is -0.830. The number of aliphatic hydroxyl groups is 1. The summed E-state index contributed by atoms with van der Waals surface area (Å²) in [5.41, 5.74) is 1.98. The van der Waals surface area contributed by atoms with Gasteiger partial charge in [0.05, 0.1) is 6.10 Å². The first-order valence-electron chi connectivity index (χ1n) is 11.8. The Morgan fingerprint density at radius 1 is 1.18 bits per heavy atom. The van der Waals surface area contributed by atoms with Crippen LogP contribution in [0.4, 0.5) is 0 Å². The van der Waals surface area contributed by atoms with Crippen molar-refractivity contribution in [2.75, 3.05) is 0 Å². The number of hydrogen-bond donors (Lipinski definition) is 1. The molecule has 0 aromatic rings. The van der Waals surface area contributed by atoms with Crippen molar-refractivity contribution < 1.29 is 14.6 Å². The van der Waals surface area contributed by atoms with E-state index in [1.165, 1.54) is 19.3 Å². The van der Waals surface area contributed by atoms with Gasteiger partial charge in [-0.2, -0.15) is 0 Å². The molecule has 7 atom stereocenters. The maximum absolute atomic E-state index is 12.2. The highest BCUT2D eigenvalue weighted by molar-refractivity contribution is 5.69. The molecule has 3 nitrogen and oxygen atoms in total. The number of allylic oxidation sites excluding steroid dienone is 1. The van der Waals surface area contributed by atoms with Crippen LogP contribution in [0.5, 0.6) is 0 Å². The molecule has 3 saturated carbocycles. The number of carbonyl (C=O) groups is 1. The normalized spacial score (nSPS) is 45.1. The van der Waals surface area contributed by atoms with Gasteiger partial charge in [-0.05, 0) is 85.9 Å². The highest BCUT2D eigenvalue weighted by Crippen LogP contribution is 2.64. The number of esters is 1. The second kappa shape index (κ2) is 7.45. The number of ether oxygens (including phenoxy) is 1. The summed E-state index contributed by atoms with van der Waals surface area (Å²) in [7, 11) is 0. The number of rotatable bonds is 4. The van der Waals surface area contributed by atoms with Gasteiger partial charge in [-0.3, -0.25) is 4.79 Å². The van der Waals surface area contributed by atoms with E-state index in [9.17, 15) is 9.90 Å². The smallest absolute Gasteiger partial charge is 0.306 e. The van der Waals surface area contributed by atoms with Crippen LogP contribution in [0, 0.1) is 34.5 Å². The Bertz CT molecular complexity index is 638. The predicted molar refractivity (Wildman–Crippen MR) is 112 cm³/mol. The topological polar surface area (TPSA) is 46.5 Å². The molecular weight excluding hydrogens is 348 g/mol. The Labute approximate surface area is 171 Å². The van der Waals surface area contributed by atoms with Crippen LogP contribution < -0.4 is 0 Å². The third kappa shape index (κ3) is 3.36. The molecule has 158 valence electrons. The quantitative estimate of drug-likeness (QED) is 0.499. The lowest BCUT2D eigenvalue weighted by Crippen LogP contribution is -2.51. The maximum Gasteiger partial charge on any atom is 0.306 e. The van der Waals surface area contributed by atoms with Crippen LogP contribution in [0.25, 0.3) is 0 Å². The average Bonchev–Trinajstić information content (AvgIpc) is 2.95. The van der Waals surface area contributed by atoms with E-state index in [4.69, 9.17) is 4.74 Å². The number of hydrogen-bond acceptors (Lipinski definition) is 3. The van der Waals surface area contributed by atoms with Gasteiger partial charge in [-0.15, -0.1) is 0 Å². The molecule has 3 heteroatoms. The van der Waals surface area contributed by atoms with Crippen LogP contribution in [0.3, 0.4) is 0 Å². The van der Waals surface area contributed by atoms with E-state index in [1.54, 1.807) is 5.57 Å². The van der Waals surface area contributed by atoms with Gasteiger partial charge in [0.2, 0.25) is 0 Å². The molecule has 0 saturated heterocycles. The first kappa shape index (κ1) is 20.4. The van der Waals surface area contributed by atoms with Crippen molar-refractivity contribution in [2.45, 2.75) is 104 Å². The summed E-state index contributed by atoms with van der Waals surface area (Å²) in [6.45, 7) is 9.14. The molecule has 28 heavy (non-hydrogen) atoms. The maximum atomic E-state index is 12.2. The van der Waals surface area contributed by atoms with E-state index in [2.05, 4.69) is 33.8 Å². The van der Waals surface area contributed by atoms with E-state index < -0.39 is 0 Å². The lowest BCUT2D eigenvalue weighted by atomic mass is 9.48. The fourth-order valence-corrected chi connectivity index (χ4v) is 7.35. The fraction of sp³-hybridized carbons (Fsp3) is 0.880. The van der Waals surface area contributed by atoms with Crippen molar-refractivity contribution in [1.29, 1.82) is 0 Å². The second-order valence-electron chi connectivity index (χ2n) is 11.2. The van der Waals surface area contributed by atoms with Gasteiger partial charge >= 0.3 is 5.97 Å². The highest BCUT2D eigenvalue weighted by Gasteiger charge is 2.58. The van der Waals surface area contributed by atoms with Crippen molar-refractivity contribution in [1.82, 2.24) is 0 Å². The molecule has 0 aromatic heterocycles. The van der Waals surface area contributed by atoms with Crippen LogP contribution in [-0.2, 0) is 9.53 Å². The Morgan fingerprint density at radius 3 is 2.71 bits per heavy atom. The lowest BCUT2D eigenvalue weighted by molar-refractivity contribution is -0.151. The second-order valence-corrected chi connectivity index (χ2v) is 11.2. The predicted octanol–water partition coefficient (Wildman–Crippen LogP) is 5.66. The first-order chi connectivity index (χ1) is 13.2. The van der Waals surface area contributed by atoms with Crippen molar-refractivity contribution in [2.24, 2.45) is 34.5 Å². The van der Waals surface area contributed by atoms with Crippen molar-refractivity contribution in [3.8, 4) is 0 Å². The third-order valence-corrected chi connectivity index (χ3v) is 9.23. The minimum atomic E-state index is -0.0994. The molecule has 4 aliphatic carbocycles. The molecule has 0 bridgehead atoms. The molecule has 0 aromatic carbocycles.